The summed E-state index contributed by atoms with van der Waals surface area (Å²) < 4.78 is 51.3. The fourth-order valence-corrected chi connectivity index (χ4v) is 3.84. The molecule has 2 aliphatic rings. The second-order valence-electron chi connectivity index (χ2n) is 5.89. The summed E-state index contributed by atoms with van der Waals surface area (Å²) in [6, 6.07) is 4.50. The first kappa shape index (κ1) is 19.1. The summed E-state index contributed by atoms with van der Waals surface area (Å²) in [4.78, 5) is 4.11. The summed E-state index contributed by atoms with van der Waals surface area (Å²) in [7, 11) is 1.59. The van der Waals surface area contributed by atoms with Gasteiger partial charge in [0.2, 0.25) is 6.10 Å². The molecule has 1 fully saturated rings. The van der Waals surface area contributed by atoms with Gasteiger partial charge in [-0.15, -0.1) is 0 Å². The smallest absolute Gasteiger partial charge is 0.428 e. The average Bonchev–Trinajstić information content (AvgIpc) is 3.00. The Kier molecular flexibility index (Phi) is 5.24. The minimum absolute atomic E-state index is 0.0832. The molecule has 0 unspecified atom stereocenters. The summed E-state index contributed by atoms with van der Waals surface area (Å²) in [5.41, 5.74) is 5.02. The Morgan fingerprint density at radius 2 is 1.92 bits per heavy atom. The number of aliphatic imine (C=N–C) groups is 1. The first-order valence-electron chi connectivity index (χ1n) is 7.73. The Morgan fingerprint density at radius 1 is 1.27 bits per heavy atom. The van der Waals surface area contributed by atoms with Gasteiger partial charge in [0, 0.05) is 12.7 Å². The number of amidine groups is 1. The van der Waals surface area contributed by atoms with E-state index in [1.54, 1.807) is 7.05 Å². The van der Waals surface area contributed by atoms with Gasteiger partial charge in [-0.1, -0.05) is 11.8 Å². The predicted octanol–water partition coefficient (Wildman–Crippen LogP) is 0.716. The number of nitrogens with one attached hydrogen (secondary N) is 1. The summed E-state index contributed by atoms with van der Waals surface area (Å²) in [6.07, 6.45) is -12.5. The molecule has 6 atom stereocenters. The standard InChI is InChI=1S/C15H18F3N3O4S/c1-20-14-21-8-9(22)10(23)11(25-13(8)26-14)12(15(16,17)18)24-7-4-2-6(19)3-5-7/h2-5,8-13,22-23H,19H2,1H3,(H,20,21)/t8-,9-,10+,11+,12-,13-/m1/s1. The van der Waals surface area contributed by atoms with Gasteiger partial charge >= 0.3 is 6.18 Å². The number of nitrogen functional groups attached to an aromatic ring is 1. The topological polar surface area (TPSA) is 109 Å². The molecular weight excluding hydrogens is 375 g/mol. The summed E-state index contributed by atoms with van der Waals surface area (Å²) >= 11 is 1.05. The molecule has 26 heavy (non-hydrogen) atoms. The number of alkyl halides is 3. The Bertz CT molecular complexity index is 673. The number of hydrogen-bond acceptors (Lipinski definition) is 8. The van der Waals surface area contributed by atoms with E-state index in [1.165, 1.54) is 24.3 Å². The number of fused-ring (bicyclic) bond motifs is 1. The molecule has 144 valence electrons. The zero-order valence-electron chi connectivity index (χ0n) is 13.6. The van der Waals surface area contributed by atoms with Crippen molar-refractivity contribution in [3.63, 3.8) is 0 Å². The molecule has 11 heteroatoms. The lowest BCUT2D eigenvalue weighted by Crippen LogP contribution is -2.62. The molecule has 7 nitrogen and oxygen atoms in total. The molecule has 1 aromatic carbocycles. The third-order valence-electron chi connectivity index (χ3n) is 4.08. The van der Waals surface area contributed by atoms with Crippen molar-refractivity contribution in [2.45, 2.75) is 42.1 Å². The number of rotatable bonds is 3. The molecule has 0 radical (unpaired) electrons. The van der Waals surface area contributed by atoms with Crippen molar-refractivity contribution >= 4 is 22.6 Å². The van der Waals surface area contributed by atoms with Crippen LogP contribution in [0.1, 0.15) is 0 Å². The Hall–Kier alpha value is -1.69. The van der Waals surface area contributed by atoms with Crippen LogP contribution in [-0.4, -0.2) is 64.5 Å². The third kappa shape index (κ3) is 3.70. The molecule has 0 amide bonds. The highest BCUT2D eigenvalue weighted by molar-refractivity contribution is 8.14. The van der Waals surface area contributed by atoms with Crippen molar-refractivity contribution < 1.29 is 32.9 Å². The number of halogens is 3. The molecule has 0 saturated carbocycles. The highest BCUT2D eigenvalue weighted by Gasteiger charge is 2.57. The van der Waals surface area contributed by atoms with Crippen LogP contribution < -0.4 is 15.8 Å². The normalized spacial score (nSPS) is 32.5. The molecule has 1 saturated heterocycles. The van der Waals surface area contributed by atoms with Gasteiger partial charge in [-0.3, -0.25) is 4.99 Å². The van der Waals surface area contributed by atoms with Gasteiger partial charge in [0.05, 0.1) is 0 Å². The van der Waals surface area contributed by atoms with Crippen LogP contribution in [0.25, 0.3) is 0 Å². The molecule has 0 bridgehead atoms. The lowest BCUT2D eigenvalue weighted by molar-refractivity contribution is -0.263. The first-order chi connectivity index (χ1) is 12.2. The van der Waals surface area contributed by atoms with Crippen molar-refractivity contribution in [3.05, 3.63) is 24.3 Å². The Morgan fingerprint density at radius 3 is 2.50 bits per heavy atom. The second kappa shape index (κ2) is 7.14. The van der Waals surface area contributed by atoms with E-state index < -0.39 is 42.1 Å². The quantitative estimate of drug-likeness (QED) is 0.560. The van der Waals surface area contributed by atoms with E-state index in [-0.39, 0.29) is 5.75 Å². The molecule has 2 aliphatic heterocycles. The van der Waals surface area contributed by atoms with Crippen molar-refractivity contribution in [3.8, 4) is 5.75 Å². The maximum absolute atomic E-state index is 13.6. The monoisotopic (exact) mass is 393 g/mol. The van der Waals surface area contributed by atoms with Gasteiger partial charge in [-0.25, -0.2) is 0 Å². The van der Waals surface area contributed by atoms with Gasteiger partial charge in [0.1, 0.15) is 35.5 Å². The lowest BCUT2D eigenvalue weighted by Gasteiger charge is -2.41. The average molecular weight is 393 g/mol. The number of hydrogen-bond donors (Lipinski definition) is 4. The maximum Gasteiger partial charge on any atom is 0.428 e. The van der Waals surface area contributed by atoms with E-state index in [9.17, 15) is 23.4 Å². The SMILES string of the molecule is CNC1=N[C@@H]2[C@@H](O)[C@H](O)[C@@H]([C@@H](Oc3ccc(N)cc3)C(F)(F)F)O[C@@H]2S1. The number of benzene rings is 1. The molecule has 1 aromatic rings. The predicted molar refractivity (Wildman–Crippen MR) is 89.9 cm³/mol. The van der Waals surface area contributed by atoms with Crippen LogP contribution in [0, 0.1) is 0 Å². The molecule has 0 aromatic heterocycles. The van der Waals surface area contributed by atoms with Crippen LogP contribution in [0.4, 0.5) is 18.9 Å². The maximum atomic E-state index is 13.6. The zero-order chi connectivity index (χ0) is 19.1. The summed E-state index contributed by atoms with van der Waals surface area (Å²) in [6.45, 7) is 0. The summed E-state index contributed by atoms with van der Waals surface area (Å²) in [5, 5.41) is 23.6. The van der Waals surface area contributed by atoms with Crippen LogP contribution in [0.2, 0.25) is 0 Å². The van der Waals surface area contributed by atoms with E-state index in [1.807, 2.05) is 0 Å². The highest BCUT2D eigenvalue weighted by atomic mass is 32.2. The fraction of sp³-hybridized carbons (Fsp3) is 0.533. The fourth-order valence-electron chi connectivity index (χ4n) is 2.77. The van der Waals surface area contributed by atoms with Gasteiger partial charge in [-0.05, 0) is 24.3 Å². The van der Waals surface area contributed by atoms with Crippen LogP contribution in [-0.2, 0) is 4.74 Å². The lowest BCUT2D eigenvalue weighted by atomic mass is 9.94. The van der Waals surface area contributed by atoms with E-state index in [0.717, 1.165) is 11.8 Å². The second-order valence-corrected chi connectivity index (χ2v) is 6.98. The number of ether oxygens (including phenoxy) is 2. The number of nitrogens with two attached hydrogens (primary N) is 1. The number of thioether (sulfide) groups is 1. The van der Waals surface area contributed by atoms with Crippen LogP contribution in [0.5, 0.6) is 5.75 Å². The van der Waals surface area contributed by atoms with Crippen molar-refractivity contribution in [2.24, 2.45) is 4.99 Å². The van der Waals surface area contributed by atoms with Crippen LogP contribution in [0.3, 0.4) is 0 Å². The molecule has 5 N–H and O–H groups in total. The van der Waals surface area contributed by atoms with Gasteiger partial charge in [0.25, 0.3) is 0 Å². The highest BCUT2D eigenvalue weighted by Crippen LogP contribution is 2.40. The van der Waals surface area contributed by atoms with Gasteiger partial charge in [0.15, 0.2) is 5.17 Å². The number of aliphatic hydroxyl groups is 2. The number of aliphatic hydroxyl groups excluding tert-OH is 2. The van der Waals surface area contributed by atoms with Gasteiger partial charge < -0.3 is 30.7 Å². The Balaban J connectivity index is 1.84. The molecule has 0 aliphatic carbocycles. The van der Waals surface area contributed by atoms with Crippen LogP contribution >= 0.6 is 11.8 Å². The minimum atomic E-state index is -4.84. The van der Waals surface area contributed by atoms with E-state index >= 15 is 0 Å². The zero-order valence-corrected chi connectivity index (χ0v) is 14.4. The van der Waals surface area contributed by atoms with Crippen molar-refractivity contribution in [2.75, 3.05) is 12.8 Å². The molecule has 2 heterocycles. The van der Waals surface area contributed by atoms with Crippen LogP contribution in [0.15, 0.2) is 29.3 Å². The first-order valence-corrected chi connectivity index (χ1v) is 8.61. The Labute approximate surface area is 151 Å². The molecule has 0 spiro atoms. The van der Waals surface area contributed by atoms with E-state index in [2.05, 4.69) is 10.3 Å². The summed E-state index contributed by atoms with van der Waals surface area (Å²) in [5.74, 6) is -0.0832. The number of nitrogens with zero attached hydrogens (tertiary/aromatic N) is 1. The van der Waals surface area contributed by atoms with Crippen molar-refractivity contribution in [1.82, 2.24) is 5.32 Å². The largest absolute Gasteiger partial charge is 0.478 e. The van der Waals surface area contributed by atoms with Gasteiger partial charge in [-0.2, -0.15) is 13.2 Å². The minimum Gasteiger partial charge on any atom is -0.478 e. The van der Waals surface area contributed by atoms with E-state index in [4.69, 9.17) is 15.2 Å². The molecular formula is C15H18F3N3O4S. The molecule has 3 rings (SSSR count). The van der Waals surface area contributed by atoms with Crippen molar-refractivity contribution in [1.29, 1.82) is 0 Å². The number of anilines is 1. The van der Waals surface area contributed by atoms with E-state index in [0.29, 0.717) is 10.9 Å². The third-order valence-corrected chi connectivity index (χ3v) is 5.23.